The van der Waals surface area contributed by atoms with Gasteiger partial charge < -0.3 is 14.6 Å². The van der Waals surface area contributed by atoms with Crippen LogP contribution in [0.25, 0.3) is 5.52 Å². The van der Waals surface area contributed by atoms with Gasteiger partial charge in [-0.3, -0.25) is 14.2 Å². The smallest absolute Gasteiger partial charge is 0.277 e. The number of hydrogen-bond donors (Lipinski definition) is 1. The van der Waals surface area contributed by atoms with E-state index in [4.69, 9.17) is 0 Å². The zero-order valence-electron chi connectivity index (χ0n) is 15.9. The van der Waals surface area contributed by atoms with Gasteiger partial charge in [-0.15, -0.1) is 0 Å². The molecule has 148 valence electrons. The molecule has 0 saturated carbocycles. The maximum absolute atomic E-state index is 12.6. The number of carbonyl (C=O) groups is 1. The van der Waals surface area contributed by atoms with Gasteiger partial charge in [-0.1, -0.05) is 0 Å². The van der Waals surface area contributed by atoms with Crippen molar-refractivity contribution >= 4 is 11.4 Å². The summed E-state index contributed by atoms with van der Waals surface area (Å²) in [4.78, 5) is 27.0. The van der Waals surface area contributed by atoms with Gasteiger partial charge >= 0.3 is 0 Å². The van der Waals surface area contributed by atoms with E-state index in [9.17, 15) is 14.7 Å². The van der Waals surface area contributed by atoms with Crippen molar-refractivity contribution in [1.29, 1.82) is 0 Å². The van der Waals surface area contributed by atoms with Crippen LogP contribution in [0.4, 0.5) is 0 Å². The fraction of sp³-hybridized carbons (Fsp3) is 0.450. The lowest BCUT2D eigenvalue weighted by Crippen LogP contribution is -2.50. The van der Waals surface area contributed by atoms with E-state index in [-0.39, 0.29) is 24.1 Å². The number of fused-ring (bicyclic) bond motifs is 1. The Labute approximate surface area is 162 Å². The molecule has 3 aromatic rings. The summed E-state index contributed by atoms with van der Waals surface area (Å²) in [5.74, 6) is 0.0942. The Morgan fingerprint density at radius 1 is 1.21 bits per heavy atom. The molecule has 1 aliphatic heterocycles. The molecular formula is C20H25N5O3. The number of piperidine rings is 1. The van der Waals surface area contributed by atoms with Gasteiger partial charge in [-0.25, -0.2) is 4.52 Å². The lowest BCUT2D eigenvalue weighted by atomic mass is 9.91. The third kappa shape index (κ3) is 3.60. The Bertz CT molecular complexity index is 1010. The maximum atomic E-state index is 12.6. The number of aromatic nitrogens is 4. The molecule has 0 aliphatic carbocycles. The van der Waals surface area contributed by atoms with E-state index in [0.29, 0.717) is 37.9 Å². The first-order valence-corrected chi connectivity index (χ1v) is 9.61. The SMILES string of the molecule is CC(CC(=O)N1CCC(O)(Cn2cnn3cccc3c2=O)CC1)n1cccc1. The quantitative estimate of drug-likeness (QED) is 0.720. The van der Waals surface area contributed by atoms with Crippen molar-refractivity contribution in [2.75, 3.05) is 13.1 Å². The van der Waals surface area contributed by atoms with Gasteiger partial charge in [0.25, 0.3) is 5.56 Å². The molecule has 4 rings (SSSR count). The standard InChI is InChI=1S/C20H25N5O3/c1-16(22-8-2-3-9-22)13-18(26)23-11-6-20(28,7-12-23)14-24-15-21-25-10-4-5-17(25)19(24)27/h2-5,8-10,15-16,28H,6-7,11-14H2,1H3. The Morgan fingerprint density at radius 3 is 2.64 bits per heavy atom. The van der Waals surface area contributed by atoms with E-state index < -0.39 is 5.60 Å². The van der Waals surface area contributed by atoms with Crippen molar-refractivity contribution in [3.8, 4) is 0 Å². The van der Waals surface area contributed by atoms with E-state index in [1.165, 1.54) is 15.4 Å². The summed E-state index contributed by atoms with van der Waals surface area (Å²) in [5, 5.41) is 15.2. The Hall–Kier alpha value is -2.87. The molecule has 4 heterocycles. The number of amides is 1. The topological polar surface area (TPSA) is 84.8 Å². The van der Waals surface area contributed by atoms with Crippen molar-refractivity contribution in [3.05, 3.63) is 59.5 Å². The van der Waals surface area contributed by atoms with Crippen LogP contribution in [0.2, 0.25) is 0 Å². The van der Waals surface area contributed by atoms with Crippen molar-refractivity contribution in [2.24, 2.45) is 0 Å². The van der Waals surface area contributed by atoms with Gasteiger partial charge in [-0.05, 0) is 44.0 Å². The van der Waals surface area contributed by atoms with Crippen LogP contribution in [0.15, 0.2) is 54.0 Å². The first-order valence-electron chi connectivity index (χ1n) is 9.61. The molecule has 1 unspecified atom stereocenters. The summed E-state index contributed by atoms with van der Waals surface area (Å²) in [6.07, 6.45) is 8.41. The number of nitrogens with zero attached hydrogens (tertiary/aromatic N) is 5. The predicted octanol–water partition coefficient (Wildman–Crippen LogP) is 1.30. The molecule has 0 aromatic carbocycles. The zero-order valence-corrected chi connectivity index (χ0v) is 15.9. The average Bonchev–Trinajstić information content (AvgIpc) is 3.36. The first kappa shape index (κ1) is 18.5. The Kier molecular flexibility index (Phi) is 4.80. The fourth-order valence-electron chi connectivity index (χ4n) is 3.85. The van der Waals surface area contributed by atoms with Gasteiger partial charge in [0, 0.05) is 44.1 Å². The van der Waals surface area contributed by atoms with Crippen LogP contribution in [0.5, 0.6) is 0 Å². The molecule has 1 amide bonds. The van der Waals surface area contributed by atoms with E-state index in [2.05, 4.69) is 5.10 Å². The Balaban J connectivity index is 1.37. The highest BCUT2D eigenvalue weighted by Crippen LogP contribution is 2.25. The Morgan fingerprint density at radius 2 is 1.93 bits per heavy atom. The molecule has 0 spiro atoms. The molecule has 1 fully saturated rings. The van der Waals surface area contributed by atoms with Crippen LogP contribution in [0, 0.1) is 0 Å². The number of likely N-dealkylation sites (tertiary alicyclic amines) is 1. The molecule has 1 N–H and O–H groups in total. The summed E-state index contributed by atoms with van der Waals surface area (Å²) in [6.45, 7) is 3.18. The minimum absolute atomic E-state index is 0.0942. The van der Waals surface area contributed by atoms with Crippen molar-refractivity contribution < 1.29 is 9.90 Å². The number of rotatable bonds is 5. The molecule has 1 aliphatic rings. The molecule has 0 radical (unpaired) electrons. The van der Waals surface area contributed by atoms with Gasteiger partial charge in [-0.2, -0.15) is 5.10 Å². The molecule has 8 nitrogen and oxygen atoms in total. The van der Waals surface area contributed by atoms with Gasteiger partial charge in [0.2, 0.25) is 5.91 Å². The van der Waals surface area contributed by atoms with Gasteiger partial charge in [0.1, 0.15) is 11.8 Å². The third-order valence-electron chi connectivity index (χ3n) is 5.64. The molecule has 8 heteroatoms. The van der Waals surface area contributed by atoms with Crippen molar-refractivity contribution in [1.82, 2.24) is 23.6 Å². The fourth-order valence-corrected chi connectivity index (χ4v) is 3.85. The molecule has 1 atom stereocenters. The van der Waals surface area contributed by atoms with Crippen LogP contribution in [-0.4, -0.2) is 53.4 Å². The van der Waals surface area contributed by atoms with Crippen LogP contribution in [0.3, 0.4) is 0 Å². The second-order valence-corrected chi connectivity index (χ2v) is 7.69. The predicted molar refractivity (Wildman–Crippen MR) is 104 cm³/mol. The number of carbonyl (C=O) groups excluding carboxylic acids is 1. The van der Waals surface area contributed by atoms with Crippen LogP contribution < -0.4 is 5.56 Å². The molecule has 0 bridgehead atoms. The zero-order chi connectivity index (χ0) is 19.7. The number of aliphatic hydroxyl groups is 1. The van der Waals surface area contributed by atoms with Crippen molar-refractivity contribution in [3.63, 3.8) is 0 Å². The summed E-state index contributed by atoms with van der Waals surface area (Å²) in [5.41, 5.74) is -0.704. The maximum Gasteiger partial charge on any atom is 0.277 e. The van der Waals surface area contributed by atoms with E-state index >= 15 is 0 Å². The minimum atomic E-state index is -1.01. The average molecular weight is 383 g/mol. The highest BCUT2D eigenvalue weighted by molar-refractivity contribution is 5.76. The highest BCUT2D eigenvalue weighted by atomic mass is 16.3. The lowest BCUT2D eigenvalue weighted by molar-refractivity contribution is -0.136. The molecule has 1 saturated heterocycles. The highest BCUT2D eigenvalue weighted by Gasteiger charge is 2.35. The van der Waals surface area contributed by atoms with Gasteiger partial charge in [0.05, 0.1) is 12.1 Å². The second kappa shape index (κ2) is 7.27. The van der Waals surface area contributed by atoms with Crippen LogP contribution in [-0.2, 0) is 11.3 Å². The summed E-state index contributed by atoms with van der Waals surface area (Å²) in [7, 11) is 0. The third-order valence-corrected chi connectivity index (χ3v) is 5.64. The summed E-state index contributed by atoms with van der Waals surface area (Å²) >= 11 is 0. The molecular weight excluding hydrogens is 358 g/mol. The molecule has 3 aromatic heterocycles. The van der Waals surface area contributed by atoms with Crippen LogP contribution >= 0.6 is 0 Å². The lowest BCUT2D eigenvalue weighted by Gasteiger charge is -2.38. The summed E-state index contributed by atoms with van der Waals surface area (Å²) in [6, 6.07) is 7.47. The molecule has 28 heavy (non-hydrogen) atoms. The first-order chi connectivity index (χ1) is 13.5. The second-order valence-electron chi connectivity index (χ2n) is 7.69. The van der Waals surface area contributed by atoms with E-state index in [1.807, 2.05) is 40.9 Å². The normalized spacial score (nSPS) is 17.7. The largest absolute Gasteiger partial charge is 0.388 e. The van der Waals surface area contributed by atoms with Crippen LogP contribution in [0.1, 0.15) is 32.2 Å². The van der Waals surface area contributed by atoms with Crippen molar-refractivity contribution in [2.45, 2.75) is 44.4 Å². The van der Waals surface area contributed by atoms with E-state index in [0.717, 1.165) is 0 Å². The monoisotopic (exact) mass is 383 g/mol. The summed E-state index contributed by atoms with van der Waals surface area (Å²) < 4.78 is 5.01. The van der Waals surface area contributed by atoms with Gasteiger partial charge in [0.15, 0.2) is 0 Å². The minimum Gasteiger partial charge on any atom is -0.388 e. The van der Waals surface area contributed by atoms with E-state index in [1.54, 1.807) is 18.3 Å². The number of hydrogen-bond acceptors (Lipinski definition) is 4.